The summed E-state index contributed by atoms with van der Waals surface area (Å²) in [5.74, 6) is -2.53. The minimum atomic E-state index is -0.632. The molecule has 198 valence electrons. The van der Waals surface area contributed by atoms with E-state index in [1.54, 1.807) is 64.5 Å². The summed E-state index contributed by atoms with van der Waals surface area (Å²) in [6.45, 7) is 16.0. The summed E-state index contributed by atoms with van der Waals surface area (Å²) < 4.78 is 24.5. The van der Waals surface area contributed by atoms with Crippen molar-refractivity contribution in [2.24, 2.45) is 0 Å². The molecule has 10 nitrogen and oxygen atoms in total. The Morgan fingerprint density at radius 2 is 0.722 bits per heavy atom. The maximum atomic E-state index is 12.9. The van der Waals surface area contributed by atoms with Crippen LogP contribution < -0.4 is 0 Å². The molecule has 10 heteroatoms. The first-order chi connectivity index (χ1) is 17.0. The second-order valence-corrected chi connectivity index (χ2v) is 8.10. The van der Waals surface area contributed by atoms with Gasteiger partial charge in [-0.05, 0) is 62.3 Å². The van der Waals surface area contributed by atoms with E-state index in [2.05, 4.69) is 0 Å². The SMILES string of the molecule is CCOC(=O)c1c(C(=O)OCC)c(C)n(C(C)n2c(C)c(C(=O)OCC)c(C(=O)OCC)c2C)c1C. The van der Waals surface area contributed by atoms with Gasteiger partial charge in [0.2, 0.25) is 0 Å². The van der Waals surface area contributed by atoms with Crippen molar-refractivity contribution in [3.05, 3.63) is 45.0 Å². The highest BCUT2D eigenvalue weighted by atomic mass is 16.5. The lowest BCUT2D eigenvalue weighted by molar-refractivity contribution is 0.0479. The number of hydrogen-bond acceptors (Lipinski definition) is 8. The Balaban J connectivity index is 2.85. The number of rotatable bonds is 10. The molecule has 0 amide bonds. The van der Waals surface area contributed by atoms with E-state index < -0.39 is 30.0 Å². The third kappa shape index (κ3) is 5.03. The second-order valence-electron chi connectivity index (χ2n) is 8.10. The quantitative estimate of drug-likeness (QED) is 0.348. The number of carbonyl (C=O) groups is 4. The monoisotopic (exact) mass is 504 g/mol. The Hall–Kier alpha value is -3.56. The van der Waals surface area contributed by atoms with E-state index in [0.717, 1.165) is 0 Å². The lowest BCUT2D eigenvalue weighted by Gasteiger charge is -2.24. The van der Waals surface area contributed by atoms with Crippen LogP contribution in [0.5, 0.6) is 0 Å². The summed E-state index contributed by atoms with van der Waals surface area (Å²) in [7, 11) is 0. The molecule has 0 N–H and O–H groups in total. The van der Waals surface area contributed by atoms with E-state index in [4.69, 9.17) is 18.9 Å². The van der Waals surface area contributed by atoms with E-state index in [-0.39, 0.29) is 48.7 Å². The highest BCUT2D eigenvalue weighted by Gasteiger charge is 2.35. The average molecular weight is 505 g/mol. The number of carbonyl (C=O) groups excluding carboxylic acids is 4. The molecule has 2 heterocycles. The molecule has 2 aromatic rings. The van der Waals surface area contributed by atoms with Crippen molar-refractivity contribution in [1.82, 2.24) is 9.13 Å². The summed E-state index contributed by atoms with van der Waals surface area (Å²) in [5.41, 5.74) is 2.45. The van der Waals surface area contributed by atoms with Crippen molar-refractivity contribution in [3.63, 3.8) is 0 Å². The van der Waals surface area contributed by atoms with Crippen molar-refractivity contribution < 1.29 is 38.1 Å². The van der Waals surface area contributed by atoms with Crippen LogP contribution in [-0.2, 0) is 18.9 Å². The van der Waals surface area contributed by atoms with Gasteiger partial charge in [0, 0.05) is 22.8 Å². The number of ether oxygens (including phenoxy) is 4. The molecule has 0 fully saturated rings. The van der Waals surface area contributed by atoms with Crippen LogP contribution in [0.15, 0.2) is 0 Å². The molecule has 2 rings (SSSR count). The summed E-state index contributed by atoms with van der Waals surface area (Å²) in [5, 5.41) is 0. The first-order valence-corrected chi connectivity index (χ1v) is 12.1. The average Bonchev–Trinajstić information content (AvgIpc) is 3.23. The predicted octanol–water partition coefficient (Wildman–Crippen LogP) is 4.30. The molecule has 0 radical (unpaired) electrons. The third-order valence-corrected chi connectivity index (χ3v) is 6.06. The molecule has 0 aliphatic rings. The van der Waals surface area contributed by atoms with Gasteiger partial charge in [-0.1, -0.05) is 0 Å². The summed E-state index contributed by atoms with van der Waals surface area (Å²) in [6.07, 6.45) is -0.544. The van der Waals surface area contributed by atoms with Crippen LogP contribution in [0.4, 0.5) is 0 Å². The number of hydrogen-bond donors (Lipinski definition) is 0. The minimum Gasteiger partial charge on any atom is -0.462 e. The molecule has 0 aliphatic carbocycles. The van der Waals surface area contributed by atoms with Crippen LogP contribution >= 0.6 is 0 Å². The molecule has 0 aromatic carbocycles. The zero-order valence-electron chi connectivity index (χ0n) is 22.6. The van der Waals surface area contributed by atoms with E-state index in [9.17, 15) is 19.2 Å². The van der Waals surface area contributed by atoms with Crippen LogP contribution in [0.3, 0.4) is 0 Å². The topological polar surface area (TPSA) is 115 Å². The van der Waals surface area contributed by atoms with E-state index in [1.165, 1.54) is 0 Å². The van der Waals surface area contributed by atoms with Gasteiger partial charge < -0.3 is 28.1 Å². The van der Waals surface area contributed by atoms with Crippen LogP contribution in [-0.4, -0.2) is 59.4 Å². The maximum Gasteiger partial charge on any atom is 0.340 e. The summed E-state index contributed by atoms with van der Waals surface area (Å²) >= 11 is 0. The molecule has 0 atom stereocenters. The molecule has 0 aliphatic heterocycles. The highest BCUT2D eigenvalue weighted by Crippen LogP contribution is 2.33. The zero-order chi connectivity index (χ0) is 27.3. The van der Waals surface area contributed by atoms with Crippen molar-refractivity contribution in [3.8, 4) is 0 Å². The fourth-order valence-corrected chi connectivity index (χ4v) is 4.76. The second kappa shape index (κ2) is 11.9. The Bertz CT molecular complexity index is 998. The zero-order valence-corrected chi connectivity index (χ0v) is 22.6. The molecule has 0 saturated carbocycles. The van der Waals surface area contributed by atoms with Crippen molar-refractivity contribution in [1.29, 1.82) is 0 Å². The molecule has 36 heavy (non-hydrogen) atoms. The van der Waals surface area contributed by atoms with Crippen LogP contribution in [0.1, 0.15) is 105 Å². The predicted molar refractivity (Wildman–Crippen MR) is 132 cm³/mol. The van der Waals surface area contributed by atoms with Gasteiger partial charge >= 0.3 is 23.9 Å². The van der Waals surface area contributed by atoms with Crippen LogP contribution in [0, 0.1) is 27.7 Å². The summed E-state index contributed by atoms with van der Waals surface area (Å²) in [4.78, 5) is 51.4. The fraction of sp³-hybridized carbons (Fsp3) is 0.538. The number of esters is 4. The largest absolute Gasteiger partial charge is 0.462 e. The molecule has 0 unspecified atom stereocenters. The lowest BCUT2D eigenvalue weighted by Crippen LogP contribution is -2.21. The Labute approximate surface area is 211 Å². The smallest absolute Gasteiger partial charge is 0.340 e. The lowest BCUT2D eigenvalue weighted by atomic mass is 10.1. The normalized spacial score (nSPS) is 10.9. The van der Waals surface area contributed by atoms with Gasteiger partial charge in [0.25, 0.3) is 0 Å². The van der Waals surface area contributed by atoms with E-state index in [1.807, 2.05) is 6.92 Å². The van der Waals surface area contributed by atoms with Gasteiger partial charge in [-0.25, -0.2) is 19.2 Å². The molecular weight excluding hydrogens is 468 g/mol. The third-order valence-electron chi connectivity index (χ3n) is 6.06. The van der Waals surface area contributed by atoms with E-state index >= 15 is 0 Å². The van der Waals surface area contributed by atoms with Gasteiger partial charge in [-0.3, -0.25) is 0 Å². The molecule has 0 saturated heterocycles. The number of nitrogens with zero attached hydrogens (tertiary/aromatic N) is 2. The first-order valence-electron chi connectivity index (χ1n) is 12.1. The van der Waals surface area contributed by atoms with Gasteiger partial charge in [-0.15, -0.1) is 0 Å². The molecule has 2 aromatic heterocycles. The van der Waals surface area contributed by atoms with Crippen molar-refractivity contribution in [2.45, 2.75) is 68.5 Å². The molecule has 0 bridgehead atoms. The minimum absolute atomic E-state index is 0.123. The van der Waals surface area contributed by atoms with Gasteiger partial charge in [0.15, 0.2) is 0 Å². The van der Waals surface area contributed by atoms with E-state index in [0.29, 0.717) is 22.8 Å². The van der Waals surface area contributed by atoms with Crippen molar-refractivity contribution in [2.75, 3.05) is 26.4 Å². The first kappa shape index (κ1) is 28.7. The standard InChI is InChI=1S/C26H36N2O8/c1-10-33-23(29)19-14(5)27(15(6)20(19)24(30)34-11-2)18(9)28-16(7)21(25(31)35-12-3)22(17(28)8)26(32)36-13-4/h18H,10-13H2,1-9H3. The fourth-order valence-electron chi connectivity index (χ4n) is 4.76. The van der Waals surface area contributed by atoms with Crippen LogP contribution in [0.2, 0.25) is 0 Å². The van der Waals surface area contributed by atoms with Gasteiger partial charge in [0.1, 0.15) is 6.17 Å². The highest BCUT2D eigenvalue weighted by molar-refractivity contribution is 6.06. The molecular formula is C26H36N2O8. The van der Waals surface area contributed by atoms with Crippen molar-refractivity contribution >= 4 is 23.9 Å². The van der Waals surface area contributed by atoms with Gasteiger partial charge in [0.05, 0.1) is 48.7 Å². The number of aromatic nitrogens is 2. The summed E-state index contributed by atoms with van der Waals surface area (Å²) in [6, 6.07) is 0. The molecule has 0 spiro atoms. The Morgan fingerprint density at radius 1 is 0.528 bits per heavy atom. The maximum absolute atomic E-state index is 12.9. The van der Waals surface area contributed by atoms with Gasteiger partial charge in [-0.2, -0.15) is 0 Å². The Morgan fingerprint density at radius 3 is 0.889 bits per heavy atom. The Kier molecular flexibility index (Phi) is 9.49. The van der Waals surface area contributed by atoms with Crippen LogP contribution in [0.25, 0.3) is 0 Å².